The highest BCUT2D eigenvalue weighted by Gasteiger charge is 2.30. The molecule has 0 aliphatic heterocycles. The van der Waals surface area contributed by atoms with Crippen LogP contribution >= 0.6 is 15.6 Å². The van der Waals surface area contributed by atoms with Gasteiger partial charge in [0.05, 0.1) is 26.4 Å². The summed E-state index contributed by atoms with van der Waals surface area (Å²) in [5.41, 5.74) is 0. The Morgan fingerprint density at radius 1 is 0.278 bits per heavy atom. The van der Waals surface area contributed by atoms with Gasteiger partial charge in [-0.1, -0.05) is 362 Å². The molecule has 2 unspecified atom stereocenters. The van der Waals surface area contributed by atoms with Crippen molar-refractivity contribution >= 4 is 39.5 Å². The van der Waals surface area contributed by atoms with Gasteiger partial charge in [0, 0.05) is 25.7 Å². The largest absolute Gasteiger partial charge is 0.472 e. The molecule has 0 radical (unpaired) electrons. The number of aliphatic hydroxyl groups excluding tert-OH is 1. The zero-order valence-corrected chi connectivity index (χ0v) is 65.0. The summed E-state index contributed by atoms with van der Waals surface area (Å²) < 4.78 is 68.6. The van der Waals surface area contributed by atoms with Crippen LogP contribution in [0.25, 0.3) is 0 Å². The minimum atomic E-state index is -4.96. The molecule has 3 N–H and O–H groups in total. The topological polar surface area (TPSA) is 237 Å². The van der Waals surface area contributed by atoms with E-state index in [4.69, 9.17) is 37.0 Å². The maximum atomic E-state index is 13.1. The molecule has 0 fully saturated rings. The van der Waals surface area contributed by atoms with Crippen LogP contribution in [0.1, 0.15) is 413 Å². The van der Waals surface area contributed by atoms with E-state index < -0.39 is 97.5 Å². The SMILES string of the molecule is CCCCCCCCCCCCCCCCC(=O)OC[C@H](COP(=O)(O)OC[C@@H](O)COP(=O)(O)OC[C@@H](COC(=O)CCCCCCCCCCCCCC)OC(=O)CCCCCCCCCCCCCCC)OC(=O)CCCCCCCCCCCCCCCCCC(C)C. The molecule has 0 amide bonds. The van der Waals surface area contributed by atoms with E-state index in [9.17, 15) is 43.2 Å². The first-order valence-corrected chi connectivity index (χ1v) is 43.6. The minimum absolute atomic E-state index is 0.108. The Labute approximate surface area is 594 Å². The monoisotopic (exact) mass is 1420 g/mol. The van der Waals surface area contributed by atoms with Crippen molar-refractivity contribution in [2.45, 2.75) is 432 Å². The molecule has 0 aromatic rings. The lowest BCUT2D eigenvalue weighted by atomic mass is 10.0. The van der Waals surface area contributed by atoms with Crippen LogP contribution in [0, 0.1) is 5.92 Å². The average molecular weight is 1420 g/mol. The van der Waals surface area contributed by atoms with Crippen LogP contribution in [0.5, 0.6) is 0 Å². The van der Waals surface area contributed by atoms with Gasteiger partial charge in [0.2, 0.25) is 0 Å². The number of phosphoric acid groups is 2. The minimum Gasteiger partial charge on any atom is -0.462 e. The van der Waals surface area contributed by atoms with Gasteiger partial charge in [-0.25, -0.2) is 9.13 Å². The van der Waals surface area contributed by atoms with E-state index in [-0.39, 0.29) is 25.7 Å². The second kappa shape index (κ2) is 71.1. The van der Waals surface area contributed by atoms with Gasteiger partial charge in [0.25, 0.3) is 0 Å². The zero-order chi connectivity index (χ0) is 71.2. The molecule has 0 aromatic heterocycles. The van der Waals surface area contributed by atoms with Crippen molar-refractivity contribution in [3.8, 4) is 0 Å². The summed E-state index contributed by atoms with van der Waals surface area (Å²) in [4.78, 5) is 72.9. The van der Waals surface area contributed by atoms with Crippen molar-refractivity contribution in [3.63, 3.8) is 0 Å². The number of hydrogen-bond acceptors (Lipinski definition) is 15. The third-order valence-electron chi connectivity index (χ3n) is 18.3. The summed E-state index contributed by atoms with van der Waals surface area (Å²) in [5.74, 6) is -1.30. The summed E-state index contributed by atoms with van der Waals surface area (Å²) >= 11 is 0. The number of esters is 4. The van der Waals surface area contributed by atoms with Crippen LogP contribution in [0.4, 0.5) is 0 Å². The summed E-state index contributed by atoms with van der Waals surface area (Å²) in [6, 6.07) is 0. The second-order valence-electron chi connectivity index (χ2n) is 28.6. The zero-order valence-electron chi connectivity index (χ0n) is 63.2. The van der Waals surface area contributed by atoms with Gasteiger partial charge in [-0.2, -0.15) is 0 Å². The predicted octanol–water partition coefficient (Wildman–Crippen LogP) is 23.3. The summed E-state index contributed by atoms with van der Waals surface area (Å²) in [6.45, 7) is 7.34. The van der Waals surface area contributed by atoms with E-state index in [1.165, 1.54) is 238 Å². The molecule has 0 aliphatic rings. The first kappa shape index (κ1) is 95.1. The van der Waals surface area contributed by atoms with Crippen LogP contribution in [0.3, 0.4) is 0 Å². The Morgan fingerprint density at radius 2 is 0.474 bits per heavy atom. The Hall–Kier alpha value is -1.94. The normalized spacial score (nSPS) is 13.9. The third kappa shape index (κ3) is 72.2. The lowest BCUT2D eigenvalue weighted by Crippen LogP contribution is -2.30. The number of hydrogen-bond donors (Lipinski definition) is 3. The maximum Gasteiger partial charge on any atom is 0.472 e. The Kier molecular flexibility index (Phi) is 69.6. The van der Waals surface area contributed by atoms with Crippen molar-refractivity contribution in [1.29, 1.82) is 0 Å². The first-order valence-electron chi connectivity index (χ1n) is 40.6. The fraction of sp³-hybridized carbons (Fsp3) is 0.949. The molecule has 17 nitrogen and oxygen atoms in total. The number of rotatable bonds is 78. The molecule has 576 valence electrons. The van der Waals surface area contributed by atoms with E-state index in [2.05, 4.69) is 34.6 Å². The highest BCUT2D eigenvalue weighted by Crippen LogP contribution is 2.45. The summed E-state index contributed by atoms with van der Waals surface area (Å²) in [5, 5.41) is 10.6. The van der Waals surface area contributed by atoms with E-state index in [1.54, 1.807) is 0 Å². The van der Waals surface area contributed by atoms with Gasteiger partial charge in [0.1, 0.15) is 19.3 Å². The van der Waals surface area contributed by atoms with Crippen molar-refractivity contribution in [3.05, 3.63) is 0 Å². The van der Waals surface area contributed by atoms with E-state index in [1.807, 2.05) is 0 Å². The number of carbonyl (C=O) groups is 4. The first-order chi connectivity index (χ1) is 47.0. The molecular formula is C78H152O17P2. The lowest BCUT2D eigenvalue weighted by Gasteiger charge is -2.21. The predicted molar refractivity (Wildman–Crippen MR) is 395 cm³/mol. The van der Waals surface area contributed by atoms with Crippen LogP contribution in [0.15, 0.2) is 0 Å². The molecule has 0 spiro atoms. The number of aliphatic hydroxyl groups is 1. The van der Waals surface area contributed by atoms with Gasteiger partial charge in [-0.15, -0.1) is 0 Å². The molecule has 0 aromatic carbocycles. The quantitative estimate of drug-likeness (QED) is 0.0222. The average Bonchev–Trinajstić information content (AvgIpc) is 1.61. The highest BCUT2D eigenvalue weighted by molar-refractivity contribution is 7.47. The van der Waals surface area contributed by atoms with Crippen LogP contribution in [0.2, 0.25) is 0 Å². The standard InChI is InChI=1S/C78H152O17P2/c1-6-9-12-15-18-21-24-27-33-37-42-47-52-57-62-76(81)89-68-74(95-78(83)64-59-54-49-44-39-34-30-28-29-32-35-40-45-50-55-60-71(4)5)70-93-97(86,87)91-66-72(79)65-90-96(84,85)92-69-73(67-88-75(80)61-56-51-46-41-36-26-23-20-17-14-11-8-3)94-77(82)63-58-53-48-43-38-31-25-22-19-16-13-10-7-2/h71-74,79H,6-70H2,1-5H3,(H,84,85)(H,86,87)/t72-,73+,74+/m0/s1. The van der Waals surface area contributed by atoms with Crippen LogP contribution in [-0.4, -0.2) is 96.7 Å². The van der Waals surface area contributed by atoms with Crippen molar-refractivity contribution in [2.24, 2.45) is 5.92 Å². The van der Waals surface area contributed by atoms with Crippen LogP contribution < -0.4 is 0 Å². The Morgan fingerprint density at radius 3 is 0.701 bits per heavy atom. The highest BCUT2D eigenvalue weighted by atomic mass is 31.2. The fourth-order valence-electron chi connectivity index (χ4n) is 12.1. The second-order valence-corrected chi connectivity index (χ2v) is 31.5. The Balaban J connectivity index is 5.25. The molecule has 97 heavy (non-hydrogen) atoms. The molecule has 5 atom stereocenters. The summed E-state index contributed by atoms with van der Waals surface area (Å²) in [7, 11) is -9.91. The Bertz CT molecular complexity index is 1860. The van der Waals surface area contributed by atoms with Gasteiger partial charge in [-0.3, -0.25) is 37.3 Å². The number of phosphoric ester groups is 2. The van der Waals surface area contributed by atoms with Crippen molar-refractivity contribution in [1.82, 2.24) is 0 Å². The van der Waals surface area contributed by atoms with E-state index in [0.29, 0.717) is 25.7 Å². The lowest BCUT2D eigenvalue weighted by molar-refractivity contribution is -0.161. The molecule has 0 saturated carbocycles. The van der Waals surface area contributed by atoms with Gasteiger partial charge < -0.3 is 33.8 Å². The number of carbonyl (C=O) groups excluding carboxylic acids is 4. The van der Waals surface area contributed by atoms with Crippen molar-refractivity contribution in [2.75, 3.05) is 39.6 Å². The molecule has 0 heterocycles. The molecule has 0 bridgehead atoms. The maximum absolute atomic E-state index is 13.1. The van der Waals surface area contributed by atoms with E-state index >= 15 is 0 Å². The van der Waals surface area contributed by atoms with E-state index in [0.717, 1.165) is 95.8 Å². The molecule has 0 rings (SSSR count). The fourth-order valence-corrected chi connectivity index (χ4v) is 13.6. The van der Waals surface area contributed by atoms with Crippen molar-refractivity contribution < 1.29 is 80.2 Å². The van der Waals surface area contributed by atoms with Gasteiger partial charge >= 0.3 is 39.5 Å². The number of ether oxygens (including phenoxy) is 4. The van der Waals surface area contributed by atoms with Gasteiger partial charge in [-0.05, 0) is 31.6 Å². The molecule has 0 aliphatic carbocycles. The number of unbranched alkanes of at least 4 members (excludes halogenated alkanes) is 50. The summed E-state index contributed by atoms with van der Waals surface area (Å²) in [6.07, 6.45) is 60.8. The molecule has 0 saturated heterocycles. The smallest absolute Gasteiger partial charge is 0.462 e. The molecular weight excluding hydrogens is 1270 g/mol. The third-order valence-corrected chi connectivity index (χ3v) is 20.2. The van der Waals surface area contributed by atoms with Crippen LogP contribution in [-0.2, 0) is 65.4 Å². The molecule has 19 heteroatoms. The van der Waals surface area contributed by atoms with Gasteiger partial charge in [0.15, 0.2) is 12.2 Å².